The number of nitrogens with one attached hydrogen (secondary N) is 1. The summed E-state index contributed by atoms with van der Waals surface area (Å²) in [5.74, 6) is -0.516. The van der Waals surface area contributed by atoms with E-state index in [4.69, 9.17) is 4.98 Å². The summed E-state index contributed by atoms with van der Waals surface area (Å²) in [6.07, 6.45) is 13.5. The lowest BCUT2D eigenvalue weighted by molar-refractivity contribution is 0.0827. The van der Waals surface area contributed by atoms with Gasteiger partial charge in [0.2, 0.25) is 0 Å². The molecule has 1 aromatic carbocycles. The predicted octanol–water partition coefficient (Wildman–Crippen LogP) is 5.89. The van der Waals surface area contributed by atoms with Crippen molar-refractivity contribution in [2.75, 3.05) is 38.6 Å². The van der Waals surface area contributed by atoms with Gasteiger partial charge in [0.25, 0.3) is 5.91 Å². The second-order valence-corrected chi connectivity index (χ2v) is 11.6. The number of rotatable bonds is 6. The molecule has 1 N–H and O–H groups in total. The number of anilines is 1. The number of carbonyl (C=O) groups excluding carboxylic acids is 1. The van der Waals surface area contributed by atoms with E-state index in [0.29, 0.717) is 11.1 Å². The molecule has 7 nitrogen and oxygen atoms in total. The highest BCUT2D eigenvalue weighted by atomic mass is 19.1. The fraction of sp³-hybridized carbons (Fsp3) is 0.353. The second kappa shape index (κ2) is 11.2. The maximum Gasteiger partial charge on any atom is 0.253 e. The number of fused-ring (bicyclic) bond motifs is 1. The topological polar surface area (TPSA) is 56.6 Å². The van der Waals surface area contributed by atoms with Crippen molar-refractivity contribution in [1.82, 2.24) is 24.7 Å². The summed E-state index contributed by atoms with van der Waals surface area (Å²) < 4.78 is 17.4. The van der Waals surface area contributed by atoms with Crippen LogP contribution < -0.4 is 10.2 Å². The van der Waals surface area contributed by atoms with Crippen molar-refractivity contribution in [3.63, 3.8) is 0 Å². The molecule has 0 bridgehead atoms. The van der Waals surface area contributed by atoms with E-state index in [1.807, 2.05) is 13.1 Å². The van der Waals surface area contributed by atoms with E-state index in [1.54, 1.807) is 20.2 Å². The number of hydrogen-bond donors (Lipinski definition) is 1. The second-order valence-electron chi connectivity index (χ2n) is 11.6. The molecule has 42 heavy (non-hydrogen) atoms. The molecule has 2 aromatic heterocycles. The summed E-state index contributed by atoms with van der Waals surface area (Å²) in [6.45, 7) is 7.39. The van der Waals surface area contributed by atoms with Crippen LogP contribution in [-0.4, -0.2) is 59.0 Å². The molecule has 0 unspecified atom stereocenters. The first kappa shape index (κ1) is 28.0. The summed E-state index contributed by atoms with van der Waals surface area (Å²) >= 11 is 0. The minimum atomic E-state index is -0.327. The fourth-order valence-corrected chi connectivity index (χ4v) is 6.45. The molecule has 0 fully saturated rings. The summed E-state index contributed by atoms with van der Waals surface area (Å²) in [4.78, 5) is 23.3. The molecule has 5 heterocycles. The van der Waals surface area contributed by atoms with E-state index in [-0.39, 0.29) is 11.7 Å². The van der Waals surface area contributed by atoms with Gasteiger partial charge in [0.15, 0.2) is 0 Å². The molecule has 0 radical (unpaired) electrons. The number of carbonyl (C=O) groups is 1. The Morgan fingerprint density at radius 1 is 1.21 bits per heavy atom. The van der Waals surface area contributed by atoms with Crippen LogP contribution in [0.15, 0.2) is 71.9 Å². The minimum absolute atomic E-state index is 0.189. The Balaban J connectivity index is 1.24. The van der Waals surface area contributed by atoms with Gasteiger partial charge in [0.1, 0.15) is 11.5 Å². The molecule has 0 spiro atoms. The standard InChI is InChI=1S/C34H39FN6O/c1-6-7-30-26-8-13-36-29(26)12-17-41(30)31-9-14-37-33-27(31)20-25(39(33)5)21-40-15-10-23(11-16-40)32-22(2)18-24(19-28(32)35)34(42)38(3)4/h7,9-10,12,14,17-20,36H,6,8,11,13,15-16,21H2,1-5H3/b30-7+. The van der Waals surface area contributed by atoms with Gasteiger partial charge in [-0.1, -0.05) is 19.1 Å². The lowest BCUT2D eigenvalue weighted by Crippen LogP contribution is -2.29. The van der Waals surface area contributed by atoms with Gasteiger partial charge in [-0.3, -0.25) is 9.69 Å². The zero-order valence-electron chi connectivity index (χ0n) is 25.2. The van der Waals surface area contributed by atoms with E-state index < -0.39 is 0 Å². The highest BCUT2D eigenvalue weighted by Gasteiger charge is 2.26. The van der Waals surface area contributed by atoms with Gasteiger partial charge in [0, 0.05) is 98.9 Å². The third-order valence-corrected chi connectivity index (χ3v) is 8.58. The molecule has 8 heteroatoms. The number of amides is 1. The maximum atomic E-state index is 15.2. The summed E-state index contributed by atoms with van der Waals surface area (Å²) in [7, 11) is 5.45. The molecule has 6 rings (SSSR count). The van der Waals surface area contributed by atoms with Crippen LogP contribution >= 0.6 is 0 Å². The number of pyridine rings is 1. The first-order valence-corrected chi connectivity index (χ1v) is 14.8. The van der Waals surface area contributed by atoms with Gasteiger partial charge in [-0.05, 0) is 67.7 Å². The van der Waals surface area contributed by atoms with Crippen LogP contribution in [0, 0.1) is 12.7 Å². The van der Waals surface area contributed by atoms with E-state index in [2.05, 4.69) is 70.2 Å². The van der Waals surface area contributed by atoms with Crippen molar-refractivity contribution in [3.8, 4) is 0 Å². The molecule has 3 aliphatic rings. The highest BCUT2D eigenvalue weighted by molar-refractivity contribution is 5.95. The van der Waals surface area contributed by atoms with E-state index in [9.17, 15) is 4.79 Å². The van der Waals surface area contributed by atoms with E-state index in [0.717, 1.165) is 73.3 Å². The van der Waals surface area contributed by atoms with Gasteiger partial charge in [0.05, 0.1) is 5.69 Å². The zero-order valence-corrected chi connectivity index (χ0v) is 25.2. The minimum Gasteiger partial charge on any atom is -0.384 e. The number of hydrogen-bond acceptors (Lipinski definition) is 5. The molecular weight excluding hydrogens is 527 g/mol. The average molecular weight is 567 g/mol. The molecule has 218 valence electrons. The SMILES string of the molecule is CC/C=C1\C2=C(C=CN1c1ccnc3c1cc(CN1CC=C(c4c(C)cc(C(=O)N(C)C)cc4F)CC1)n3C)NCC2. The zero-order chi connectivity index (χ0) is 29.5. The average Bonchev–Trinajstić information content (AvgIpc) is 3.58. The van der Waals surface area contributed by atoms with Crippen molar-refractivity contribution in [2.24, 2.45) is 7.05 Å². The van der Waals surface area contributed by atoms with Crippen molar-refractivity contribution in [3.05, 3.63) is 100 Å². The van der Waals surface area contributed by atoms with Crippen LogP contribution in [0.1, 0.15) is 53.4 Å². The smallest absolute Gasteiger partial charge is 0.253 e. The molecule has 0 atom stereocenters. The largest absolute Gasteiger partial charge is 0.384 e. The van der Waals surface area contributed by atoms with Crippen LogP contribution in [0.2, 0.25) is 0 Å². The van der Waals surface area contributed by atoms with Crippen LogP contribution in [0.5, 0.6) is 0 Å². The van der Waals surface area contributed by atoms with E-state index >= 15 is 4.39 Å². The first-order chi connectivity index (χ1) is 20.3. The first-order valence-electron chi connectivity index (χ1n) is 14.8. The number of aromatic nitrogens is 2. The molecule has 1 amide bonds. The Kier molecular flexibility index (Phi) is 7.49. The van der Waals surface area contributed by atoms with Gasteiger partial charge >= 0.3 is 0 Å². The number of halogens is 1. The van der Waals surface area contributed by atoms with Crippen LogP contribution in [0.4, 0.5) is 10.1 Å². The lowest BCUT2D eigenvalue weighted by atomic mass is 9.93. The Hall–Kier alpha value is -4.17. The van der Waals surface area contributed by atoms with Gasteiger partial charge in [-0.15, -0.1) is 0 Å². The monoisotopic (exact) mass is 566 g/mol. The summed E-state index contributed by atoms with van der Waals surface area (Å²) in [5, 5.41) is 4.64. The van der Waals surface area contributed by atoms with Crippen LogP contribution in [0.3, 0.4) is 0 Å². The third-order valence-electron chi connectivity index (χ3n) is 8.58. The highest BCUT2D eigenvalue weighted by Crippen LogP contribution is 2.38. The third kappa shape index (κ3) is 4.94. The molecular formula is C34H39FN6O. The molecule has 3 aliphatic heterocycles. The fourth-order valence-electron chi connectivity index (χ4n) is 6.45. The van der Waals surface area contributed by atoms with Crippen molar-refractivity contribution < 1.29 is 9.18 Å². The van der Waals surface area contributed by atoms with Crippen LogP contribution in [0.25, 0.3) is 16.6 Å². The number of benzene rings is 1. The van der Waals surface area contributed by atoms with Crippen molar-refractivity contribution in [1.29, 1.82) is 0 Å². The Labute approximate surface area is 247 Å². The maximum absolute atomic E-state index is 15.2. The van der Waals surface area contributed by atoms with Gasteiger partial charge in [-0.2, -0.15) is 0 Å². The normalized spacial score (nSPS) is 18.1. The van der Waals surface area contributed by atoms with E-state index in [1.165, 1.54) is 33.6 Å². The summed E-state index contributed by atoms with van der Waals surface area (Å²) in [6, 6.07) is 7.55. The van der Waals surface area contributed by atoms with Gasteiger partial charge in [-0.25, -0.2) is 9.37 Å². The molecule has 0 saturated heterocycles. The molecule has 0 saturated carbocycles. The Morgan fingerprint density at radius 3 is 2.76 bits per heavy atom. The lowest BCUT2D eigenvalue weighted by Gasteiger charge is -2.29. The van der Waals surface area contributed by atoms with Crippen LogP contribution in [-0.2, 0) is 13.6 Å². The number of nitrogens with zero attached hydrogens (tertiary/aromatic N) is 5. The Morgan fingerprint density at radius 2 is 2.05 bits per heavy atom. The molecule has 0 aliphatic carbocycles. The van der Waals surface area contributed by atoms with Gasteiger partial charge < -0.3 is 19.7 Å². The summed E-state index contributed by atoms with van der Waals surface area (Å²) in [5.41, 5.74) is 9.99. The Bertz CT molecular complexity index is 1670. The van der Waals surface area contributed by atoms with Crippen molar-refractivity contribution in [2.45, 2.75) is 39.7 Å². The number of allylic oxidation sites excluding steroid dienone is 3. The predicted molar refractivity (Wildman–Crippen MR) is 167 cm³/mol. The number of aryl methyl sites for hydroxylation is 2. The quantitative estimate of drug-likeness (QED) is 0.404. The van der Waals surface area contributed by atoms with Crippen molar-refractivity contribution >= 4 is 28.2 Å². The molecule has 3 aromatic rings.